The second-order valence-electron chi connectivity index (χ2n) is 5.30. The Bertz CT molecular complexity index is 478. The van der Waals surface area contributed by atoms with Crippen molar-refractivity contribution >= 4 is 40.0 Å². The third kappa shape index (κ3) is 4.26. The minimum absolute atomic E-state index is 0.0829. The summed E-state index contributed by atoms with van der Waals surface area (Å²) >= 11 is 3.18. The van der Waals surface area contributed by atoms with E-state index in [2.05, 4.69) is 28.8 Å². The molecule has 1 aromatic heterocycles. The average molecular weight is 329 g/mol. The van der Waals surface area contributed by atoms with E-state index in [1.54, 1.807) is 0 Å². The molecule has 1 amide bonds. The zero-order valence-electron chi connectivity index (χ0n) is 12.6. The Kier molecular flexibility index (Phi) is 6.17. The molecular weight excluding hydrogens is 304 g/mol. The number of nitrogens with two attached hydrogens (primary N) is 1. The van der Waals surface area contributed by atoms with E-state index in [1.807, 2.05) is 11.8 Å². The first-order chi connectivity index (χ1) is 10.2. The van der Waals surface area contributed by atoms with E-state index in [4.69, 9.17) is 5.73 Å². The summed E-state index contributed by atoms with van der Waals surface area (Å²) in [6.07, 6.45) is 7.79. The van der Waals surface area contributed by atoms with Crippen LogP contribution in [0.2, 0.25) is 0 Å². The van der Waals surface area contributed by atoms with Gasteiger partial charge in [-0.2, -0.15) is 11.8 Å². The van der Waals surface area contributed by atoms with E-state index in [0.717, 1.165) is 24.5 Å². The number of thiazole rings is 1. The number of rotatable bonds is 6. The molecule has 0 aliphatic heterocycles. The van der Waals surface area contributed by atoms with Gasteiger partial charge < -0.3 is 16.4 Å². The molecule has 1 fully saturated rings. The van der Waals surface area contributed by atoms with Gasteiger partial charge >= 0.3 is 0 Å². The molecule has 4 N–H and O–H groups in total. The summed E-state index contributed by atoms with van der Waals surface area (Å²) in [6, 6.07) is 0.245. The maximum Gasteiger partial charge on any atom is 0.265 e. The van der Waals surface area contributed by atoms with E-state index < -0.39 is 0 Å². The van der Waals surface area contributed by atoms with Crippen LogP contribution in [0.1, 0.15) is 48.7 Å². The van der Waals surface area contributed by atoms with E-state index >= 15 is 0 Å². The summed E-state index contributed by atoms with van der Waals surface area (Å²) in [5.41, 5.74) is 5.88. The number of amides is 1. The van der Waals surface area contributed by atoms with Gasteiger partial charge in [0.15, 0.2) is 5.13 Å². The van der Waals surface area contributed by atoms with Gasteiger partial charge in [-0.05, 0) is 25.5 Å². The van der Waals surface area contributed by atoms with Crippen LogP contribution >= 0.6 is 23.1 Å². The van der Waals surface area contributed by atoms with Crippen LogP contribution in [0, 0.1) is 0 Å². The molecule has 5 nitrogen and oxygen atoms in total. The topological polar surface area (TPSA) is 80.0 Å². The van der Waals surface area contributed by atoms with Gasteiger partial charge in [0.05, 0.1) is 0 Å². The van der Waals surface area contributed by atoms with Crippen LogP contribution in [0.3, 0.4) is 0 Å². The molecule has 2 unspecified atom stereocenters. The van der Waals surface area contributed by atoms with Crippen molar-refractivity contribution in [2.75, 3.05) is 23.9 Å². The van der Waals surface area contributed by atoms with Gasteiger partial charge in [0.1, 0.15) is 10.7 Å². The Labute approximate surface area is 134 Å². The lowest BCUT2D eigenvalue weighted by molar-refractivity contribution is 0.0934. The third-order valence-corrected chi connectivity index (χ3v) is 5.90. The fourth-order valence-electron chi connectivity index (χ4n) is 2.58. The lowest BCUT2D eigenvalue weighted by Crippen LogP contribution is -2.43. The molecule has 0 saturated heterocycles. The van der Waals surface area contributed by atoms with E-state index in [1.165, 1.54) is 30.6 Å². The molecule has 2 rings (SSSR count). The minimum Gasteiger partial charge on any atom is -0.382 e. The Balaban J connectivity index is 2.00. The number of aromatic nitrogens is 1. The molecule has 0 bridgehead atoms. The molecule has 118 valence electrons. The number of hydrogen-bond donors (Lipinski definition) is 3. The summed E-state index contributed by atoms with van der Waals surface area (Å²) in [5, 5.41) is 7.56. The molecule has 7 heteroatoms. The van der Waals surface area contributed by atoms with Crippen LogP contribution in [0.15, 0.2) is 0 Å². The highest BCUT2D eigenvalue weighted by molar-refractivity contribution is 7.99. The lowest BCUT2D eigenvalue weighted by Gasteiger charge is -2.30. The van der Waals surface area contributed by atoms with Gasteiger partial charge in [-0.1, -0.05) is 31.1 Å². The quantitative estimate of drug-likeness (QED) is 0.748. The second-order valence-corrected chi connectivity index (χ2v) is 7.37. The maximum absolute atomic E-state index is 12.4. The summed E-state index contributed by atoms with van der Waals surface area (Å²) in [4.78, 5) is 17.2. The predicted molar refractivity (Wildman–Crippen MR) is 92.3 cm³/mol. The molecular formula is C14H24N4OS2. The van der Waals surface area contributed by atoms with Crippen molar-refractivity contribution in [1.82, 2.24) is 10.3 Å². The monoisotopic (exact) mass is 328 g/mol. The maximum atomic E-state index is 12.4. The van der Waals surface area contributed by atoms with E-state index in [0.29, 0.717) is 15.9 Å². The first-order valence-corrected chi connectivity index (χ1v) is 9.60. The minimum atomic E-state index is -0.0829. The van der Waals surface area contributed by atoms with Crippen LogP contribution < -0.4 is 16.4 Å². The van der Waals surface area contributed by atoms with Crippen LogP contribution in [0.4, 0.5) is 10.9 Å². The predicted octanol–water partition coefficient (Wildman–Crippen LogP) is 2.95. The summed E-state index contributed by atoms with van der Waals surface area (Å²) < 4.78 is 0. The second kappa shape index (κ2) is 7.89. The largest absolute Gasteiger partial charge is 0.382 e. The van der Waals surface area contributed by atoms with Gasteiger partial charge in [0.25, 0.3) is 5.91 Å². The van der Waals surface area contributed by atoms with Crippen LogP contribution in [-0.2, 0) is 0 Å². The molecule has 1 heterocycles. The first kappa shape index (κ1) is 16.4. The van der Waals surface area contributed by atoms with Crippen LogP contribution in [0.5, 0.6) is 0 Å². The highest BCUT2D eigenvalue weighted by atomic mass is 32.2. The summed E-state index contributed by atoms with van der Waals surface area (Å²) in [7, 11) is 0. The zero-order valence-corrected chi connectivity index (χ0v) is 14.3. The van der Waals surface area contributed by atoms with Gasteiger partial charge in [-0.3, -0.25) is 4.79 Å². The molecule has 0 aromatic carbocycles. The number of thioether (sulfide) groups is 1. The smallest absolute Gasteiger partial charge is 0.265 e. The normalized spacial score (nSPS) is 22.0. The van der Waals surface area contributed by atoms with Gasteiger partial charge in [-0.15, -0.1) is 0 Å². The Morgan fingerprint density at radius 2 is 2.24 bits per heavy atom. The average Bonchev–Trinajstić information content (AvgIpc) is 2.86. The standard InChI is InChI=1S/C14H24N4OS2/c1-3-8-16-14-18-12(15)11(21-14)13(19)17-9-6-4-5-7-10(9)20-2/h9-10H,3-8,15H2,1-2H3,(H,16,18)(H,17,19). The highest BCUT2D eigenvalue weighted by Crippen LogP contribution is 2.29. The van der Waals surface area contributed by atoms with Crippen molar-refractivity contribution in [3.63, 3.8) is 0 Å². The Morgan fingerprint density at radius 1 is 1.48 bits per heavy atom. The number of carbonyl (C=O) groups excluding carboxylic acids is 1. The molecule has 1 aliphatic rings. The Morgan fingerprint density at radius 3 is 2.95 bits per heavy atom. The molecule has 0 radical (unpaired) electrons. The van der Waals surface area contributed by atoms with E-state index in [-0.39, 0.29) is 11.9 Å². The summed E-state index contributed by atoms with van der Waals surface area (Å²) in [5.74, 6) is 0.244. The van der Waals surface area contributed by atoms with Crippen LogP contribution in [-0.4, -0.2) is 35.0 Å². The molecule has 1 aliphatic carbocycles. The van der Waals surface area contributed by atoms with Crippen molar-refractivity contribution in [3.05, 3.63) is 4.88 Å². The number of nitrogen functional groups attached to an aromatic ring is 1. The van der Waals surface area contributed by atoms with Gasteiger partial charge in [0.2, 0.25) is 0 Å². The molecule has 0 spiro atoms. The molecule has 2 atom stereocenters. The van der Waals surface area contributed by atoms with Crippen molar-refractivity contribution in [3.8, 4) is 0 Å². The number of anilines is 2. The number of carbonyl (C=O) groups is 1. The van der Waals surface area contributed by atoms with Gasteiger partial charge in [-0.25, -0.2) is 4.98 Å². The molecule has 21 heavy (non-hydrogen) atoms. The fourth-order valence-corrected chi connectivity index (χ4v) is 4.33. The molecule has 1 aromatic rings. The zero-order chi connectivity index (χ0) is 15.2. The van der Waals surface area contributed by atoms with Crippen molar-refractivity contribution < 1.29 is 4.79 Å². The number of nitrogens with zero attached hydrogens (tertiary/aromatic N) is 1. The highest BCUT2D eigenvalue weighted by Gasteiger charge is 2.27. The first-order valence-electron chi connectivity index (χ1n) is 7.49. The van der Waals surface area contributed by atoms with E-state index in [9.17, 15) is 4.79 Å². The fraction of sp³-hybridized carbons (Fsp3) is 0.714. The number of nitrogens with one attached hydrogen (secondary N) is 2. The summed E-state index contributed by atoms with van der Waals surface area (Å²) in [6.45, 7) is 2.93. The SMILES string of the molecule is CCCNc1nc(N)c(C(=O)NC2CCCCC2SC)s1. The van der Waals surface area contributed by atoms with Crippen molar-refractivity contribution in [2.24, 2.45) is 0 Å². The third-order valence-electron chi connectivity index (χ3n) is 3.71. The van der Waals surface area contributed by atoms with Gasteiger partial charge in [0, 0.05) is 17.8 Å². The van der Waals surface area contributed by atoms with Crippen molar-refractivity contribution in [1.29, 1.82) is 0 Å². The number of hydrogen-bond acceptors (Lipinski definition) is 6. The Hall–Kier alpha value is -0.950. The molecule has 1 saturated carbocycles. The lowest BCUT2D eigenvalue weighted by atomic mass is 9.95. The van der Waals surface area contributed by atoms with Crippen molar-refractivity contribution in [2.45, 2.75) is 50.3 Å². The van der Waals surface area contributed by atoms with Crippen LogP contribution in [0.25, 0.3) is 0 Å².